The van der Waals surface area contributed by atoms with Gasteiger partial charge in [0.25, 0.3) is 0 Å². The summed E-state index contributed by atoms with van der Waals surface area (Å²) >= 11 is 0. The van der Waals surface area contributed by atoms with Crippen molar-refractivity contribution in [3.05, 3.63) is 0 Å². The van der Waals surface area contributed by atoms with E-state index in [1.807, 2.05) is 0 Å². The molecule has 120 valence electrons. The van der Waals surface area contributed by atoms with E-state index < -0.39 is 10.0 Å². The topological polar surface area (TPSA) is 49.4 Å². The Labute approximate surface area is 125 Å². The van der Waals surface area contributed by atoms with Gasteiger partial charge in [0.2, 0.25) is 10.0 Å². The molecule has 1 saturated carbocycles. The molecule has 1 N–H and O–H groups in total. The lowest BCUT2D eigenvalue weighted by Gasteiger charge is -2.32. The van der Waals surface area contributed by atoms with Gasteiger partial charge in [0, 0.05) is 19.1 Å². The van der Waals surface area contributed by atoms with Gasteiger partial charge in [-0.2, -0.15) is 0 Å². The minimum Gasteiger partial charge on any atom is -0.315 e. The third-order valence-corrected chi connectivity index (χ3v) is 6.30. The first-order valence-electron chi connectivity index (χ1n) is 8.02. The van der Waals surface area contributed by atoms with E-state index in [0.29, 0.717) is 6.04 Å². The average molecular weight is 305 g/mol. The summed E-state index contributed by atoms with van der Waals surface area (Å²) in [5.74, 6) is 1.04. The van der Waals surface area contributed by atoms with Crippen LogP contribution in [-0.4, -0.2) is 44.2 Å². The van der Waals surface area contributed by atoms with Gasteiger partial charge in [-0.15, -0.1) is 0 Å². The number of hydrogen-bond acceptors (Lipinski definition) is 3. The van der Waals surface area contributed by atoms with E-state index in [9.17, 15) is 8.42 Å². The Hall–Kier alpha value is -0.130. The largest absolute Gasteiger partial charge is 0.315 e. The molecule has 0 spiro atoms. The highest BCUT2D eigenvalue weighted by Crippen LogP contribution is 2.27. The summed E-state index contributed by atoms with van der Waals surface area (Å²) in [4.78, 5) is 0. The minimum atomic E-state index is -3.07. The Morgan fingerprint density at radius 1 is 1.15 bits per heavy atom. The number of nitrogens with one attached hydrogen (secondary N) is 1. The van der Waals surface area contributed by atoms with Crippen molar-refractivity contribution in [1.29, 1.82) is 0 Å². The van der Waals surface area contributed by atoms with Crippen molar-refractivity contribution in [3.63, 3.8) is 0 Å². The molecule has 0 atom stereocenters. The maximum atomic E-state index is 12.3. The molecule has 0 saturated heterocycles. The predicted molar refractivity (Wildman–Crippen MR) is 85.3 cm³/mol. The van der Waals surface area contributed by atoms with Crippen LogP contribution in [0.15, 0.2) is 0 Å². The minimum absolute atomic E-state index is 0.227. The van der Waals surface area contributed by atoms with E-state index >= 15 is 0 Å². The number of hydrogen-bond donors (Lipinski definition) is 1. The van der Waals surface area contributed by atoms with E-state index in [1.54, 1.807) is 11.4 Å². The molecule has 0 aromatic rings. The van der Waals surface area contributed by atoms with Crippen LogP contribution >= 0.6 is 0 Å². The Kier molecular flexibility index (Phi) is 7.48. The van der Waals surface area contributed by atoms with Crippen LogP contribution in [0.2, 0.25) is 0 Å². The highest BCUT2D eigenvalue weighted by atomic mass is 32.2. The number of nitrogens with zero attached hydrogens (tertiary/aromatic N) is 1. The smallest absolute Gasteiger partial charge is 0.214 e. The summed E-state index contributed by atoms with van der Waals surface area (Å²) in [6, 6.07) is 0.698. The second-order valence-electron chi connectivity index (χ2n) is 6.56. The molecule has 0 aliphatic heterocycles. The third kappa shape index (κ3) is 6.10. The van der Waals surface area contributed by atoms with Gasteiger partial charge in [-0.1, -0.05) is 20.8 Å². The van der Waals surface area contributed by atoms with Crippen LogP contribution in [0.1, 0.15) is 59.3 Å². The molecule has 0 heterocycles. The fourth-order valence-electron chi connectivity index (χ4n) is 2.78. The quantitative estimate of drug-likeness (QED) is 0.701. The zero-order chi connectivity index (χ0) is 15.2. The van der Waals surface area contributed by atoms with E-state index in [4.69, 9.17) is 0 Å². The molecule has 4 nitrogen and oxygen atoms in total. The van der Waals surface area contributed by atoms with E-state index in [0.717, 1.165) is 51.0 Å². The Bertz CT molecular complexity index is 360. The first-order valence-corrected chi connectivity index (χ1v) is 9.63. The van der Waals surface area contributed by atoms with Crippen molar-refractivity contribution in [2.75, 3.05) is 19.3 Å². The summed E-state index contributed by atoms with van der Waals surface area (Å²) in [6.07, 6.45) is 6.02. The average Bonchev–Trinajstić information content (AvgIpc) is 2.38. The molecule has 1 rings (SSSR count). The summed E-state index contributed by atoms with van der Waals surface area (Å²) in [5.41, 5.74) is 0. The Balaban J connectivity index is 2.32. The zero-order valence-corrected chi connectivity index (χ0v) is 14.4. The zero-order valence-electron chi connectivity index (χ0n) is 13.6. The van der Waals surface area contributed by atoms with Gasteiger partial charge in [0.05, 0.1) is 5.75 Å². The molecule has 0 aromatic heterocycles. The molecule has 1 aliphatic rings. The van der Waals surface area contributed by atoms with Crippen molar-refractivity contribution < 1.29 is 8.42 Å². The van der Waals surface area contributed by atoms with Gasteiger partial charge < -0.3 is 5.32 Å². The van der Waals surface area contributed by atoms with Crippen LogP contribution < -0.4 is 5.32 Å². The molecule has 0 bridgehead atoms. The van der Waals surface area contributed by atoms with Gasteiger partial charge >= 0.3 is 0 Å². The fourth-order valence-corrected chi connectivity index (χ4v) is 4.30. The van der Waals surface area contributed by atoms with Crippen molar-refractivity contribution in [3.8, 4) is 0 Å². The first-order chi connectivity index (χ1) is 9.33. The number of rotatable bonds is 8. The molecule has 20 heavy (non-hydrogen) atoms. The Morgan fingerprint density at radius 3 is 2.30 bits per heavy atom. The van der Waals surface area contributed by atoms with E-state index in [1.165, 1.54) is 0 Å². The highest BCUT2D eigenvalue weighted by molar-refractivity contribution is 7.89. The lowest BCUT2D eigenvalue weighted by molar-refractivity contribution is 0.246. The van der Waals surface area contributed by atoms with Crippen LogP contribution in [-0.2, 0) is 10.0 Å². The SMILES string of the molecule is CC1CCC(N(C)S(=O)(=O)CCCCNC(C)C)CC1. The van der Waals surface area contributed by atoms with Crippen LogP contribution in [0, 0.1) is 5.92 Å². The molecule has 0 radical (unpaired) electrons. The standard InChI is InChI=1S/C15H32N2O2S/c1-13(2)16-11-5-6-12-20(18,19)17(4)15-9-7-14(3)8-10-15/h13-16H,5-12H2,1-4H3. The summed E-state index contributed by atoms with van der Waals surface area (Å²) in [5, 5.41) is 3.32. The van der Waals surface area contributed by atoms with Crippen molar-refractivity contribution >= 4 is 10.0 Å². The molecular formula is C15H32N2O2S. The third-order valence-electron chi connectivity index (χ3n) is 4.32. The summed E-state index contributed by atoms with van der Waals surface area (Å²) in [6.45, 7) is 7.37. The van der Waals surface area contributed by atoms with Crippen molar-refractivity contribution in [1.82, 2.24) is 9.62 Å². The van der Waals surface area contributed by atoms with Gasteiger partial charge in [-0.25, -0.2) is 12.7 Å². The monoisotopic (exact) mass is 304 g/mol. The van der Waals surface area contributed by atoms with E-state index in [-0.39, 0.29) is 11.8 Å². The predicted octanol–water partition coefficient (Wildman–Crippen LogP) is 2.60. The molecular weight excluding hydrogens is 272 g/mol. The van der Waals surface area contributed by atoms with Gasteiger partial charge in [0.15, 0.2) is 0 Å². The molecule has 1 fully saturated rings. The van der Waals surface area contributed by atoms with Crippen LogP contribution in [0.25, 0.3) is 0 Å². The van der Waals surface area contributed by atoms with E-state index in [2.05, 4.69) is 26.1 Å². The lowest BCUT2D eigenvalue weighted by atomic mass is 9.87. The highest BCUT2D eigenvalue weighted by Gasteiger charge is 2.28. The van der Waals surface area contributed by atoms with Crippen LogP contribution in [0.4, 0.5) is 0 Å². The number of sulfonamides is 1. The molecule has 0 unspecified atom stereocenters. The van der Waals surface area contributed by atoms with Gasteiger partial charge in [-0.3, -0.25) is 0 Å². The lowest BCUT2D eigenvalue weighted by Crippen LogP contribution is -2.40. The van der Waals surface area contributed by atoms with Crippen LogP contribution in [0.5, 0.6) is 0 Å². The normalized spacial score (nSPS) is 24.5. The first kappa shape index (κ1) is 17.9. The van der Waals surface area contributed by atoms with Crippen molar-refractivity contribution in [2.45, 2.75) is 71.4 Å². The molecule has 1 aliphatic carbocycles. The number of unbranched alkanes of at least 4 members (excludes halogenated alkanes) is 1. The second kappa shape index (κ2) is 8.35. The van der Waals surface area contributed by atoms with Gasteiger partial charge in [-0.05, 0) is 51.0 Å². The molecule has 0 amide bonds. The van der Waals surface area contributed by atoms with Crippen LogP contribution in [0.3, 0.4) is 0 Å². The molecule has 5 heteroatoms. The van der Waals surface area contributed by atoms with Gasteiger partial charge in [0.1, 0.15) is 0 Å². The molecule has 0 aromatic carbocycles. The summed E-state index contributed by atoms with van der Waals surface area (Å²) in [7, 11) is -1.31. The Morgan fingerprint density at radius 2 is 1.75 bits per heavy atom. The second-order valence-corrected chi connectivity index (χ2v) is 8.71. The maximum absolute atomic E-state index is 12.3. The maximum Gasteiger partial charge on any atom is 0.214 e. The fraction of sp³-hybridized carbons (Fsp3) is 1.00. The van der Waals surface area contributed by atoms with Crippen molar-refractivity contribution in [2.24, 2.45) is 5.92 Å². The summed E-state index contributed by atoms with van der Waals surface area (Å²) < 4.78 is 26.3.